The van der Waals surface area contributed by atoms with E-state index >= 15 is 0 Å². The lowest BCUT2D eigenvalue weighted by atomic mass is 9.74. The van der Waals surface area contributed by atoms with Crippen LogP contribution >= 0.6 is 0 Å². The minimum absolute atomic E-state index is 0.0614. The summed E-state index contributed by atoms with van der Waals surface area (Å²) in [6.45, 7) is 11.1. The third-order valence-electron chi connectivity index (χ3n) is 5.00. The van der Waals surface area contributed by atoms with E-state index in [4.69, 9.17) is 9.31 Å². The molecule has 1 aromatic rings. The van der Waals surface area contributed by atoms with Crippen molar-refractivity contribution in [1.82, 2.24) is 4.63 Å². The molecule has 1 aliphatic rings. The van der Waals surface area contributed by atoms with Crippen molar-refractivity contribution in [2.75, 3.05) is 0 Å². The average Bonchev–Trinajstić information content (AvgIpc) is 2.67. The number of rotatable bonds is 6. The van der Waals surface area contributed by atoms with Crippen LogP contribution in [-0.4, -0.2) is 37.6 Å². The van der Waals surface area contributed by atoms with E-state index in [1.807, 2.05) is 27.7 Å². The molecule has 2 unspecified atom stereocenters. The van der Waals surface area contributed by atoms with Crippen LogP contribution in [0.1, 0.15) is 48.0 Å². The van der Waals surface area contributed by atoms with Gasteiger partial charge in [0.15, 0.2) is 0 Å². The molecule has 2 atom stereocenters. The van der Waals surface area contributed by atoms with Crippen LogP contribution in [0.5, 0.6) is 0 Å². The molecule has 1 fully saturated rings. The second kappa shape index (κ2) is 6.66. The van der Waals surface area contributed by atoms with Crippen LogP contribution in [0.4, 0.5) is 0 Å². The maximum Gasteiger partial charge on any atom is 0.570 e. The number of hydrogen-bond acceptors (Lipinski definition) is 5. The monoisotopic (exact) mass is 369 g/mol. The molecule has 8 heteroatoms. The fraction of sp³-hybridized carbons (Fsp3) is 0.647. The van der Waals surface area contributed by atoms with Gasteiger partial charge in [0.25, 0.3) is 0 Å². The Hall–Kier alpha value is -0.925. The van der Waals surface area contributed by atoms with Gasteiger partial charge in [0.1, 0.15) is 0 Å². The molecule has 1 heterocycles. The molecular weight excluding hydrogens is 341 g/mol. The highest BCUT2D eigenvalue weighted by molar-refractivity contribution is 7.90. The predicted molar refractivity (Wildman–Crippen MR) is 97.3 cm³/mol. The zero-order valence-corrected chi connectivity index (χ0v) is 16.6. The van der Waals surface area contributed by atoms with Crippen molar-refractivity contribution >= 4 is 17.3 Å². The first-order valence-electron chi connectivity index (χ1n) is 8.42. The van der Waals surface area contributed by atoms with Gasteiger partial charge in [-0.3, -0.25) is 0 Å². The highest BCUT2D eigenvalue weighted by Crippen LogP contribution is 2.44. The maximum absolute atomic E-state index is 12.5. The minimum atomic E-state index is -3.75. The van der Waals surface area contributed by atoms with Crippen LogP contribution in [0.15, 0.2) is 35.2 Å². The van der Waals surface area contributed by atoms with Gasteiger partial charge in [0.05, 0.1) is 21.7 Å². The Morgan fingerprint density at radius 2 is 1.76 bits per heavy atom. The lowest BCUT2D eigenvalue weighted by molar-refractivity contribution is -0.0728. The Morgan fingerprint density at radius 3 is 2.28 bits per heavy atom. The van der Waals surface area contributed by atoms with E-state index in [9.17, 15) is 13.5 Å². The summed E-state index contributed by atoms with van der Waals surface area (Å²) in [5.74, 6) is -0.0614. The van der Waals surface area contributed by atoms with Crippen LogP contribution in [0, 0.1) is 5.92 Å². The first kappa shape index (κ1) is 20.4. The minimum Gasteiger partial charge on any atom is -0.390 e. The van der Waals surface area contributed by atoms with Gasteiger partial charge in [0.2, 0.25) is 10.0 Å². The molecule has 0 aliphatic carbocycles. The van der Waals surface area contributed by atoms with Crippen LogP contribution in [-0.2, 0) is 19.3 Å². The molecule has 1 saturated heterocycles. The number of aliphatic hydroxyl groups is 1. The quantitative estimate of drug-likeness (QED) is 0.752. The molecular formula is C17H28BNO5S. The van der Waals surface area contributed by atoms with Crippen molar-refractivity contribution in [3.8, 4) is 0 Å². The van der Waals surface area contributed by atoms with E-state index in [0.717, 1.165) is 0 Å². The topological polar surface area (TPSA) is 84.9 Å². The van der Waals surface area contributed by atoms with Gasteiger partial charge < -0.3 is 14.4 Å². The van der Waals surface area contributed by atoms with Crippen molar-refractivity contribution in [1.29, 1.82) is 0 Å². The Labute approximate surface area is 151 Å². The molecule has 0 radical (unpaired) electrons. The summed E-state index contributed by atoms with van der Waals surface area (Å²) in [6.07, 6.45) is 0.494. The van der Waals surface area contributed by atoms with E-state index < -0.39 is 34.1 Å². The fourth-order valence-corrected chi connectivity index (χ4v) is 4.27. The summed E-state index contributed by atoms with van der Waals surface area (Å²) < 4.78 is 39.3. The molecule has 2 rings (SSSR count). The van der Waals surface area contributed by atoms with E-state index in [-0.39, 0.29) is 10.8 Å². The van der Waals surface area contributed by atoms with Gasteiger partial charge in [-0.1, -0.05) is 25.1 Å². The van der Waals surface area contributed by atoms with Crippen molar-refractivity contribution in [3.63, 3.8) is 0 Å². The maximum atomic E-state index is 12.5. The predicted octanol–water partition coefficient (Wildman–Crippen LogP) is 2.33. The molecule has 0 bridgehead atoms. The summed E-state index contributed by atoms with van der Waals surface area (Å²) in [6, 6.07) is 8.09. The largest absolute Gasteiger partial charge is 0.570 e. The van der Waals surface area contributed by atoms with Gasteiger partial charge in [-0.15, -0.1) is 0 Å². The van der Waals surface area contributed by atoms with Crippen molar-refractivity contribution in [2.45, 2.75) is 69.7 Å². The van der Waals surface area contributed by atoms with Gasteiger partial charge in [-0.05, 0) is 59.1 Å². The SMILES string of the molecule is CC(CC(C)(C)O)C1(C)OB(NS(=O)(=O)c2ccccc2)OC1(C)C. The second-order valence-corrected chi connectivity index (χ2v) is 9.75. The molecule has 1 aliphatic heterocycles. The van der Waals surface area contributed by atoms with Crippen molar-refractivity contribution in [2.24, 2.45) is 5.92 Å². The van der Waals surface area contributed by atoms with Crippen LogP contribution in [0.2, 0.25) is 0 Å². The molecule has 0 amide bonds. The second-order valence-electron chi connectivity index (χ2n) is 8.04. The summed E-state index contributed by atoms with van der Waals surface area (Å²) in [7, 11) is -4.84. The van der Waals surface area contributed by atoms with E-state index in [1.54, 1.807) is 32.0 Å². The van der Waals surface area contributed by atoms with Gasteiger partial charge in [0, 0.05) is 0 Å². The van der Waals surface area contributed by atoms with Gasteiger partial charge in [-0.2, -0.15) is 4.63 Å². The number of nitrogens with one attached hydrogen (secondary N) is 1. The lowest BCUT2D eigenvalue weighted by Gasteiger charge is -2.42. The highest BCUT2D eigenvalue weighted by atomic mass is 32.2. The molecule has 6 nitrogen and oxygen atoms in total. The summed E-state index contributed by atoms with van der Waals surface area (Å²) >= 11 is 0. The van der Waals surface area contributed by atoms with Crippen molar-refractivity contribution in [3.05, 3.63) is 30.3 Å². The average molecular weight is 369 g/mol. The Balaban J connectivity index is 2.19. The fourth-order valence-electron chi connectivity index (χ4n) is 3.27. The van der Waals surface area contributed by atoms with Crippen molar-refractivity contribution < 1.29 is 22.8 Å². The van der Waals surface area contributed by atoms with Gasteiger partial charge >= 0.3 is 7.25 Å². The number of benzene rings is 1. The zero-order valence-electron chi connectivity index (χ0n) is 15.7. The standard InChI is InChI=1S/C17H28BNO5S/c1-13(12-15(2,3)20)17(6)16(4,5)23-18(24-17)19-25(21,22)14-10-8-7-9-11-14/h7-11,13,19-20H,12H2,1-6H3. The van der Waals surface area contributed by atoms with Crippen LogP contribution in [0.25, 0.3) is 0 Å². The molecule has 0 aromatic heterocycles. The van der Waals surface area contributed by atoms with Crippen LogP contribution in [0.3, 0.4) is 0 Å². The summed E-state index contributed by atoms with van der Waals surface area (Å²) in [4.78, 5) is 0.151. The highest BCUT2D eigenvalue weighted by Gasteiger charge is 2.58. The Bertz CT molecular complexity index is 701. The normalized spacial score (nSPS) is 25.2. The van der Waals surface area contributed by atoms with E-state index in [1.165, 1.54) is 12.1 Å². The Kier molecular flexibility index (Phi) is 5.44. The van der Waals surface area contributed by atoms with Crippen LogP contribution < -0.4 is 4.63 Å². The lowest BCUT2D eigenvalue weighted by Crippen LogP contribution is -2.51. The third kappa shape index (κ3) is 4.43. The Morgan fingerprint density at radius 1 is 1.20 bits per heavy atom. The number of sulfonamides is 1. The molecule has 1 aromatic carbocycles. The first-order chi connectivity index (χ1) is 11.3. The van der Waals surface area contributed by atoms with E-state index in [2.05, 4.69) is 4.63 Å². The summed E-state index contributed by atoms with van der Waals surface area (Å²) in [5, 5.41) is 10.1. The molecule has 0 saturated carbocycles. The zero-order chi connectivity index (χ0) is 19.1. The summed E-state index contributed by atoms with van der Waals surface area (Å²) in [5.41, 5.74) is -2.36. The number of hydrogen-bond donors (Lipinski definition) is 2. The first-order valence-corrected chi connectivity index (χ1v) is 9.91. The third-order valence-corrected chi connectivity index (χ3v) is 6.40. The van der Waals surface area contributed by atoms with Gasteiger partial charge in [-0.25, -0.2) is 8.42 Å². The molecule has 140 valence electrons. The smallest absolute Gasteiger partial charge is 0.390 e. The molecule has 25 heavy (non-hydrogen) atoms. The molecule has 2 N–H and O–H groups in total. The molecule has 0 spiro atoms. The van der Waals surface area contributed by atoms with E-state index in [0.29, 0.717) is 6.42 Å².